The van der Waals surface area contributed by atoms with Gasteiger partial charge in [0.15, 0.2) is 11.6 Å². The van der Waals surface area contributed by atoms with Crippen LogP contribution in [0.25, 0.3) is 5.82 Å². The highest BCUT2D eigenvalue weighted by atomic mass is 32.2. The van der Waals surface area contributed by atoms with Gasteiger partial charge in [-0.3, -0.25) is 0 Å². The normalized spacial score (nSPS) is 14.2. The van der Waals surface area contributed by atoms with Crippen molar-refractivity contribution >= 4 is 11.8 Å². The second-order valence-corrected chi connectivity index (χ2v) is 6.47. The second kappa shape index (κ2) is 7.72. The zero-order valence-corrected chi connectivity index (χ0v) is 14.5. The standard InChI is InChI=1S/C14H10F9N3OS/c1-2-28-9-3-7(12(16,17)18)4-24-10(9)26-6-8(5-25-26)27-14(22,23)11(15)13(19,20)21/h3-6,11H,2H2,1H3. The third-order valence-electron chi connectivity index (χ3n) is 3.07. The van der Waals surface area contributed by atoms with Crippen molar-refractivity contribution in [1.82, 2.24) is 14.8 Å². The molecule has 0 saturated heterocycles. The lowest BCUT2D eigenvalue weighted by Gasteiger charge is -2.22. The molecule has 2 rings (SSSR count). The first-order valence-corrected chi connectivity index (χ1v) is 8.27. The Kier molecular flexibility index (Phi) is 6.11. The largest absolute Gasteiger partial charge is 0.439 e. The van der Waals surface area contributed by atoms with Crippen molar-refractivity contribution in [1.29, 1.82) is 0 Å². The van der Waals surface area contributed by atoms with Crippen LogP contribution in [-0.4, -0.2) is 39.0 Å². The minimum absolute atomic E-state index is 0.0163. The topological polar surface area (TPSA) is 39.9 Å². The molecule has 0 amide bonds. The summed E-state index contributed by atoms with van der Waals surface area (Å²) < 4.78 is 119. The highest BCUT2D eigenvalue weighted by Crippen LogP contribution is 2.37. The molecule has 0 saturated carbocycles. The van der Waals surface area contributed by atoms with Crippen LogP contribution in [0.5, 0.6) is 5.75 Å². The molecule has 0 N–H and O–H groups in total. The molecule has 0 bridgehead atoms. The first-order valence-electron chi connectivity index (χ1n) is 7.28. The predicted molar refractivity (Wildman–Crippen MR) is 79.3 cm³/mol. The molecule has 14 heteroatoms. The van der Waals surface area contributed by atoms with Crippen LogP contribution < -0.4 is 4.74 Å². The van der Waals surface area contributed by atoms with Gasteiger partial charge in [-0.1, -0.05) is 6.92 Å². The van der Waals surface area contributed by atoms with Gasteiger partial charge in [-0.15, -0.1) is 11.8 Å². The minimum Gasteiger partial charge on any atom is -0.427 e. The van der Waals surface area contributed by atoms with Gasteiger partial charge >= 0.3 is 18.5 Å². The maximum Gasteiger partial charge on any atom is 0.439 e. The highest BCUT2D eigenvalue weighted by Gasteiger charge is 2.59. The van der Waals surface area contributed by atoms with E-state index in [-0.39, 0.29) is 10.7 Å². The van der Waals surface area contributed by atoms with E-state index >= 15 is 0 Å². The second-order valence-electron chi connectivity index (χ2n) is 5.17. The first kappa shape index (κ1) is 22.2. The number of alkyl halides is 9. The number of rotatable bonds is 6. The molecule has 2 heterocycles. The quantitative estimate of drug-likeness (QED) is 0.454. The lowest BCUT2D eigenvalue weighted by Crippen LogP contribution is -2.45. The number of ether oxygens (including phenoxy) is 1. The molecule has 0 aromatic carbocycles. The Hall–Kier alpha value is -2.12. The number of aromatic nitrogens is 3. The number of halogens is 9. The zero-order valence-electron chi connectivity index (χ0n) is 13.7. The van der Waals surface area contributed by atoms with E-state index in [0.29, 0.717) is 24.3 Å². The van der Waals surface area contributed by atoms with Gasteiger partial charge in [0.1, 0.15) is 0 Å². The van der Waals surface area contributed by atoms with E-state index < -0.39 is 35.9 Å². The Morgan fingerprint density at radius 1 is 1.11 bits per heavy atom. The molecule has 2 aromatic rings. The van der Waals surface area contributed by atoms with E-state index in [2.05, 4.69) is 14.8 Å². The summed E-state index contributed by atoms with van der Waals surface area (Å²) in [6.45, 7) is 1.63. The average molecular weight is 439 g/mol. The molecular formula is C14H10F9N3OS. The molecule has 28 heavy (non-hydrogen) atoms. The summed E-state index contributed by atoms with van der Waals surface area (Å²) in [5.41, 5.74) is -1.06. The predicted octanol–water partition coefficient (Wildman–Crippen LogP) is 5.27. The van der Waals surface area contributed by atoms with Crippen molar-refractivity contribution in [3.63, 3.8) is 0 Å². The molecule has 1 atom stereocenters. The van der Waals surface area contributed by atoms with Crippen LogP contribution in [0.1, 0.15) is 12.5 Å². The van der Waals surface area contributed by atoms with Crippen molar-refractivity contribution in [2.75, 3.05) is 5.75 Å². The van der Waals surface area contributed by atoms with Gasteiger partial charge in [0.2, 0.25) is 0 Å². The SMILES string of the molecule is CCSc1cc(C(F)(F)F)cnc1-n1cc(OC(F)(F)C(F)C(F)(F)F)cn1. The Bertz CT molecular complexity index is 819. The van der Waals surface area contributed by atoms with E-state index in [1.54, 1.807) is 6.92 Å². The third kappa shape index (κ3) is 5.02. The van der Waals surface area contributed by atoms with Gasteiger partial charge in [-0.2, -0.15) is 40.2 Å². The van der Waals surface area contributed by atoms with Crippen LogP contribution in [0.2, 0.25) is 0 Å². The van der Waals surface area contributed by atoms with Crippen molar-refractivity contribution in [3.05, 3.63) is 30.2 Å². The fraction of sp³-hybridized carbons (Fsp3) is 0.429. The van der Waals surface area contributed by atoms with Gasteiger partial charge in [0.05, 0.1) is 22.9 Å². The molecule has 0 radical (unpaired) electrons. The van der Waals surface area contributed by atoms with Gasteiger partial charge in [-0.05, 0) is 11.8 Å². The molecule has 2 aromatic heterocycles. The van der Waals surface area contributed by atoms with Crippen molar-refractivity contribution in [2.45, 2.75) is 36.5 Å². The molecule has 0 aliphatic carbocycles. The van der Waals surface area contributed by atoms with Gasteiger partial charge in [0.25, 0.3) is 6.17 Å². The van der Waals surface area contributed by atoms with Crippen LogP contribution in [-0.2, 0) is 6.18 Å². The molecule has 1 unspecified atom stereocenters. The van der Waals surface area contributed by atoms with Crippen LogP contribution >= 0.6 is 11.8 Å². The molecule has 4 nitrogen and oxygen atoms in total. The molecule has 156 valence electrons. The van der Waals surface area contributed by atoms with Crippen molar-refractivity contribution in [3.8, 4) is 11.6 Å². The van der Waals surface area contributed by atoms with Crippen LogP contribution in [0.3, 0.4) is 0 Å². The fourth-order valence-electron chi connectivity index (χ4n) is 1.90. The Morgan fingerprint density at radius 2 is 1.75 bits per heavy atom. The number of pyridine rings is 1. The van der Waals surface area contributed by atoms with E-state index in [4.69, 9.17) is 0 Å². The van der Waals surface area contributed by atoms with Gasteiger partial charge in [0, 0.05) is 6.20 Å². The van der Waals surface area contributed by atoms with Gasteiger partial charge in [-0.25, -0.2) is 14.1 Å². The Balaban J connectivity index is 2.33. The van der Waals surface area contributed by atoms with Gasteiger partial charge < -0.3 is 4.74 Å². The molecule has 0 spiro atoms. The molecule has 0 fully saturated rings. The Labute approximate surface area is 155 Å². The summed E-state index contributed by atoms with van der Waals surface area (Å²) >= 11 is 0.937. The summed E-state index contributed by atoms with van der Waals surface area (Å²) in [5, 5.41) is 3.52. The average Bonchev–Trinajstić information content (AvgIpc) is 3.00. The minimum atomic E-state index is -5.86. The number of hydrogen-bond donors (Lipinski definition) is 0. The third-order valence-corrected chi connectivity index (χ3v) is 3.97. The van der Waals surface area contributed by atoms with Crippen LogP contribution in [0.4, 0.5) is 39.5 Å². The lowest BCUT2D eigenvalue weighted by atomic mass is 10.3. The molecular weight excluding hydrogens is 429 g/mol. The first-order chi connectivity index (χ1) is 12.8. The van der Waals surface area contributed by atoms with E-state index in [9.17, 15) is 39.5 Å². The maximum atomic E-state index is 13.3. The number of hydrogen-bond acceptors (Lipinski definition) is 4. The molecule has 0 aliphatic rings. The van der Waals surface area contributed by atoms with Crippen LogP contribution in [0, 0.1) is 0 Å². The fourth-order valence-corrected chi connectivity index (χ4v) is 2.70. The number of thioether (sulfide) groups is 1. The highest BCUT2D eigenvalue weighted by molar-refractivity contribution is 7.99. The van der Waals surface area contributed by atoms with Crippen LogP contribution in [0.15, 0.2) is 29.6 Å². The van der Waals surface area contributed by atoms with E-state index in [1.165, 1.54) is 0 Å². The maximum absolute atomic E-state index is 13.3. The summed E-state index contributed by atoms with van der Waals surface area (Å²) in [5.74, 6) is -0.815. The summed E-state index contributed by atoms with van der Waals surface area (Å²) in [6, 6.07) is 0.758. The zero-order chi connectivity index (χ0) is 21.3. The lowest BCUT2D eigenvalue weighted by molar-refractivity contribution is -0.305. The van der Waals surface area contributed by atoms with E-state index in [1.807, 2.05) is 0 Å². The summed E-state index contributed by atoms with van der Waals surface area (Å²) in [4.78, 5) is 3.56. The van der Waals surface area contributed by atoms with Crippen molar-refractivity contribution in [2.24, 2.45) is 0 Å². The van der Waals surface area contributed by atoms with E-state index in [0.717, 1.165) is 22.5 Å². The number of nitrogens with zero attached hydrogens (tertiary/aromatic N) is 3. The van der Waals surface area contributed by atoms with Crippen molar-refractivity contribution < 1.29 is 44.3 Å². The summed E-state index contributed by atoms with van der Waals surface area (Å²) in [7, 11) is 0. The monoisotopic (exact) mass is 439 g/mol. The smallest absolute Gasteiger partial charge is 0.427 e. The Morgan fingerprint density at radius 3 is 2.29 bits per heavy atom. The molecule has 0 aliphatic heterocycles. The summed E-state index contributed by atoms with van der Waals surface area (Å²) in [6.07, 6.45) is -18.7.